The lowest BCUT2D eigenvalue weighted by Crippen LogP contribution is -2.30. The standard InChI is InChI=1S/C23H20N4O5S2/c1-2-27(17-9-4-3-5-10-17)34(30,31)18-11-6-8-16(14-18)23(29)32-15-21(28)24-19-12-7-13-20-22(19)26-33-25-20/h3-14H,2,15H2,1H3,(H,24,28). The molecule has 1 amide bonds. The van der Waals surface area contributed by atoms with E-state index in [1.54, 1.807) is 55.5 Å². The normalized spacial score (nSPS) is 11.2. The van der Waals surface area contributed by atoms with Crippen molar-refractivity contribution in [2.45, 2.75) is 11.8 Å². The first-order valence-electron chi connectivity index (χ1n) is 10.3. The third-order valence-electron chi connectivity index (χ3n) is 4.88. The molecular formula is C23H20N4O5S2. The zero-order valence-electron chi connectivity index (χ0n) is 18.0. The number of rotatable bonds is 8. The number of sulfonamides is 1. The molecule has 0 fully saturated rings. The highest BCUT2D eigenvalue weighted by Gasteiger charge is 2.25. The van der Waals surface area contributed by atoms with Crippen LogP contribution >= 0.6 is 11.7 Å². The number of fused-ring (bicyclic) bond motifs is 1. The van der Waals surface area contributed by atoms with Gasteiger partial charge in [0.05, 0.1) is 33.6 Å². The Hall–Kier alpha value is -3.83. The van der Waals surface area contributed by atoms with Crippen molar-refractivity contribution in [2.75, 3.05) is 22.8 Å². The summed E-state index contributed by atoms with van der Waals surface area (Å²) in [6.45, 7) is 1.39. The fourth-order valence-electron chi connectivity index (χ4n) is 3.30. The first-order valence-corrected chi connectivity index (χ1v) is 12.4. The molecule has 0 aliphatic carbocycles. The Kier molecular flexibility index (Phi) is 6.85. The van der Waals surface area contributed by atoms with Crippen LogP contribution in [0, 0.1) is 0 Å². The van der Waals surface area contributed by atoms with Gasteiger partial charge < -0.3 is 10.1 Å². The van der Waals surface area contributed by atoms with Gasteiger partial charge in [0.25, 0.3) is 15.9 Å². The number of amides is 1. The average molecular weight is 497 g/mol. The highest BCUT2D eigenvalue weighted by molar-refractivity contribution is 7.92. The van der Waals surface area contributed by atoms with Crippen molar-refractivity contribution in [1.82, 2.24) is 8.75 Å². The van der Waals surface area contributed by atoms with E-state index in [2.05, 4.69) is 14.1 Å². The molecule has 1 N–H and O–H groups in total. The van der Waals surface area contributed by atoms with E-state index in [0.717, 1.165) is 11.7 Å². The van der Waals surface area contributed by atoms with Gasteiger partial charge in [-0.1, -0.05) is 30.3 Å². The number of nitrogens with one attached hydrogen (secondary N) is 1. The first kappa shape index (κ1) is 23.3. The lowest BCUT2D eigenvalue weighted by Gasteiger charge is -2.23. The molecule has 3 aromatic carbocycles. The lowest BCUT2D eigenvalue weighted by molar-refractivity contribution is -0.119. The van der Waals surface area contributed by atoms with Crippen LogP contribution < -0.4 is 9.62 Å². The number of anilines is 2. The van der Waals surface area contributed by atoms with E-state index in [-0.39, 0.29) is 17.0 Å². The molecular weight excluding hydrogens is 476 g/mol. The zero-order chi connectivity index (χ0) is 24.1. The van der Waals surface area contributed by atoms with Crippen LogP contribution in [-0.4, -0.2) is 42.2 Å². The predicted molar refractivity (Wildman–Crippen MR) is 129 cm³/mol. The second-order valence-electron chi connectivity index (χ2n) is 7.10. The van der Waals surface area contributed by atoms with Crippen molar-refractivity contribution in [2.24, 2.45) is 0 Å². The van der Waals surface area contributed by atoms with Gasteiger partial charge in [0.1, 0.15) is 11.0 Å². The highest BCUT2D eigenvalue weighted by Crippen LogP contribution is 2.24. The molecule has 0 aliphatic rings. The SMILES string of the molecule is CCN(c1ccccc1)S(=O)(=O)c1cccc(C(=O)OCC(=O)Nc2cccc3nsnc23)c1. The van der Waals surface area contributed by atoms with E-state index in [1.165, 1.54) is 28.6 Å². The molecule has 1 heterocycles. The van der Waals surface area contributed by atoms with Gasteiger partial charge in [0.15, 0.2) is 6.61 Å². The molecule has 11 heteroatoms. The van der Waals surface area contributed by atoms with Crippen molar-refractivity contribution < 1.29 is 22.7 Å². The first-order chi connectivity index (χ1) is 16.4. The number of aromatic nitrogens is 2. The molecule has 0 radical (unpaired) electrons. The van der Waals surface area contributed by atoms with Crippen LogP contribution in [0.25, 0.3) is 11.0 Å². The Morgan fingerprint density at radius 1 is 1.00 bits per heavy atom. The van der Waals surface area contributed by atoms with Crippen LogP contribution in [0.1, 0.15) is 17.3 Å². The molecule has 0 unspecified atom stereocenters. The number of esters is 1. The monoisotopic (exact) mass is 496 g/mol. The van der Waals surface area contributed by atoms with Crippen LogP contribution in [0.3, 0.4) is 0 Å². The number of carbonyl (C=O) groups is 2. The molecule has 174 valence electrons. The van der Waals surface area contributed by atoms with Gasteiger partial charge in [-0.25, -0.2) is 13.2 Å². The molecule has 9 nitrogen and oxygen atoms in total. The number of ether oxygens (including phenoxy) is 1. The van der Waals surface area contributed by atoms with Crippen LogP contribution in [0.2, 0.25) is 0 Å². The van der Waals surface area contributed by atoms with E-state index in [4.69, 9.17) is 4.74 Å². The third-order valence-corrected chi connectivity index (χ3v) is 7.33. The quantitative estimate of drug-likeness (QED) is 0.370. The smallest absolute Gasteiger partial charge is 0.338 e. The molecule has 0 spiro atoms. The number of hydrogen-bond acceptors (Lipinski definition) is 8. The van der Waals surface area contributed by atoms with E-state index < -0.39 is 28.5 Å². The summed E-state index contributed by atoms with van der Waals surface area (Å²) in [6.07, 6.45) is 0. The summed E-state index contributed by atoms with van der Waals surface area (Å²) in [5.74, 6) is -1.37. The molecule has 4 aromatic rings. The maximum Gasteiger partial charge on any atom is 0.338 e. The summed E-state index contributed by atoms with van der Waals surface area (Å²) in [5.41, 5.74) is 2.18. The summed E-state index contributed by atoms with van der Waals surface area (Å²) in [4.78, 5) is 24.8. The summed E-state index contributed by atoms with van der Waals surface area (Å²) < 4.78 is 41.0. The van der Waals surface area contributed by atoms with Crippen LogP contribution in [0.4, 0.5) is 11.4 Å². The second kappa shape index (κ2) is 9.98. The van der Waals surface area contributed by atoms with Crippen molar-refractivity contribution in [3.05, 3.63) is 78.4 Å². The van der Waals surface area contributed by atoms with Gasteiger partial charge in [0.2, 0.25) is 0 Å². The zero-order valence-corrected chi connectivity index (χ0v) is 19.7. The maximum absolute atomic E-state index is 13.2. The summed E-state index contributed by atoms with van der Waals surface area (Å²) in [7, 11) is -3.91. The minimum absolute atomic E-state index is 0.0174. The second-order valence-corrected chi connectivity index (χ2v) is 9.49. The van der Waals surface area contributed by atoms with Gasteiger partial charge >= 0.3 is 5.97 Å². The Morgan fingerprint density at radius 2 is 1.76 bits per heavy atom. The van der Waals surface area contributed by atoms with Gasteiger partial charge in [-0.3, -0.25) is 9.10 Å². The van der Waals surface area contributed by atoms with E-state index in [0.29, 0.717) is 22.4 Å². The lowest BCUT2D eigenvalue weighted by atomic mass is 10.2. The van der Waals surface area contributed by atoms with Crippen LogP contribution in [0.5, 0.6) is 0 Å². The Labute approximate surface area is 200 Å². The topological polar surface area (TPSA) is 119 Å². The van der Waals surface area contributed by atoms with Crippen molar-refractivity contribution in [3.63, 3.8) is 0 Å². The van der Waals surface area contributed by atoms with Gasteiger partial charge in [-0.2, -0.15) is 8.75 Å². The molecule has 1 aromatic heterocycles. The number of para-hydroxylation sites is 1. The molecule has 34 heavy (non-hydrogen) atoms. The maximum atomic E-state index is 13.2. The minimum atomic E-state index is -3.91. The fourth-order valence-corrected chi connectivity index (χ4v) is 5.37. The summed E-state index contributed by atoms with van der Waals surface area (Å²) >= 11 is 1.03. The molecule has 4 rings (SSSR count). The summed E-state index contributed by atoms with van der Waals surface area (Å²) in [5, 5.41) is 2.64. The number of carbonyl (C=O) groups excluding carboxylic acids is 2. The van der Waals surface area contributed by atoms with Gasteiger partial charge in [-0.05, 0) is 49.4 Å². The van der Waals surface area contributed by atoms with Crippen LogP contribution in [-0.2, 0) is 19.6 Å². The van der Waals surface area contributed by atoms with Crippen molar-refractivity contribution >= 4 is 56.0 Å². The average Bonchev–Trinajstić information content (AvgIpc) is 3.34. The van der Waals surface area contributed by atoms with Gasteiger partial charge in [0, 0.05) is 6.54 Å². The van der Waals surface area contributed by atoms with E-state index in [1.807, 2.05) is 0 Å². The Balaban J connectivity index is 1.45. The number of nitrogens with zero attached hydrogens (tertiary/aromatic N) is 3. The number of benzene rings is 3. The van der Waals surface area contributed by atoms with E-state index in [9.17, 15) is 18.0 Å². The van der Waals surface area contributed by atoms with Crippen LogP contribution in [0.15, 0.2) is 77.7 Å². The largest absolute Gasteiger partial charge is 0.452 e. The molecule has 0 saturated heterocycles. The molecule has 0 aliphatic heterocycles. The highest BCUT2D eigenvalue weighted by atomic mass is 32.2. The Morgan fingerprint density at radius 3 is 2.53 bits per heavy atom. The van der Waals surface area contributed by atoms with Crippen molar-refractivity contribution in [1.29, 1.82) is 0 Å². The molecule has 0 bridgehead atoms. The minimum Gasteiger partial charge on any atom is -0.452 e. The van der Waals surface area contributed by atoms with Crippen molar-refractivity contribution in [3.8, 4) is 0 Å². The van der Waals surface area contributed by atoms with E-state index >= 15 is 0 Å². The molecule has 0 saturated carbocycles. The van der Waals surface area contributed by atoms with Gasteiger partial charge in [-0.15, -0.1) is 0 Å². The molecule has 0 atom stereocenters. The predicted octanol–water partition coefficient (Wildman–Crippen LogP) is 3.70. The number of hydrogen-bond donors (Lipinski definition) is 1. The fraction of sp³-hybridized carbons (Fsp3) is 0.130. The summed E-state index contributed by atoms with van der Waals surface area (Å²) in [6, 6.07) is 19.4. The Bertz CT molecular complexity index is 1440. The third kappa shape index (κ3) is 4.90.